The maximum Gasteiger partial charge on any atom is 0.329 e. The Morgan fingerprint density at radius 2 is 2.00 bits per heavy atom. The number of hydrogen-bond acceptors (Lipinski definition) is 5. The van der Waals surface area contributed by atoms with Crippen molar-refractivity contribution in [1.82, 2.24) is 4.98 Å². The third kappa shape index (κ3) is 6.21. The molecule has 0 radical (unpaired) electrons. The molecule has 0 aliphatic heterocycles. The van der Waals surface area contributed by atoms with Gasteiger partial charge in [-0.3, -0.25) is 14.7 Å². The van der Waals surface area contributed by atoms with Gasteiger partial charge in [0.15, 0.2) is 10.3 Å². The predicted molar refractivity (Wildman–Crippen MR) is 113 cm³/mol. The Morgan fingerprint density at radius 3 is 2.63 bits per heavy atom. The molecule has 2 aromatic carbocycles. The lowest BCUT2D eigenvalue weighted by molar-refractivity contribution is 0.102. The van der Waals surface area contributed by atoms with Crippen molar-refractivity contribution in [2.24, 2.45) is 0 Å². The summed E-state index contributed by atoms with van der Waals surface area (Å²) in [6, 6.07) is 11.7. The Hall–Kier alpha value is -2.58. The minimum atomic E-state index is -4.21. The van der Waals surface area contributed by atoms with Crippen LogP contribution in [0, 0.1) is 5.13 Å². The molecule has 30 heavy (non-hydrogen) atoms. The average molecular weight is 450 g/mol. The van der Waals surface area contributed by atoms with E-state index in [2.05, 4.69) is 10.3 Å². The molecule has 0 aliphatic rings. The predicted octanol–water partition coefficient (Wildman–Crippen LogP) is 4.67. The second-order valence-corrected chi connectivity index (χ2v) is 9.49. The first-order chi connectivity index (χ1) is 14.1. The van der Waals surface area contributed by atoms with Crippen LogP contribution < -0.4 is 10.1 Å². The highest BCUT2D eigenvalue weighted by Crippen LogP contribution is 2.40. The molecular formula is C20H20FN2O5PS. The van der Waals surface area contributed by atoms with Crippen LogP contribution in [0.4, 0.5) is 9.52 Å². The quantitative estimate of drug-likeness (QED) is 0.452. The summed E-state index contributed by atoms with van der Waals surface area (Å²) >= 11 is 0.719. The summed E-state index contributed by atoms with van der Waals surface area (Å²) in [5.74, 6) is -0.0236. The topological polar surface area (TPSA) is 109 Å². The van der Waals surface area contributed by atoms with Gasteiger partial charge in [-0.05, 0) is 48.7 Å². The monoisotopic (exact) mass is 450 g/mol. The van der Waals surface area contributed by atoms with Gasteiger partial charge < -0.3 is 14.5 Å². The van der Waals surface area contributed by atoms with E-state index >= 15 is 0 Å². The summed E-state index contributed by atoms with van der Waals surface area (Å²) in [6.07, 6.45) is 0.507. The number of nitrogens with one attached hydrogen (secondary N) is 1. The molecule has 0 atom stereocenters. The van der Waals surface area contributed by atoms with Crippen LogP contribution in [0.25, 0.3) is 11.1 Å². The van der Waals surface area contributed by atoms with Gasteiger partial charge >= 0.3 is 7.60 Å². The number of carbonyl (C=O) groups excluding carboxylic acids is 1. The molecule has 3 aromatic rings. The van der Waals surface area contributed by atoms with Crippen LogP contribution in [0.5, 0.6) is 5.75 Å². The van der Waals surface area contributed by atoms with Crippen molar-refractivity contribution >= 4 is 30.0 Å². The van der Waals surface area contributed by atoms with Crippen LogP contribution in [0.3, 0.4) is 0 Å². The molecule has 10 heteroatoms. The zero-order valence-corrected chi connectivity index (χ0v) is 17.9. The van der Waals surface area contributed by atoms with E-state index in [1.165, 1.54) is 0 Å². The summed E-state index contributed by atoms with van der Waals surface area (Å²) in [6.45, 7) is 3.71. The van der Waals surface area contributed by atoms with Crippen LogP contribution in [0.1, 0.15) is 29.8 Å². The standard InChI is InChI=1S/C20H20FN2O5PS/c1-12(2)28-17-8-15(14-5-3-4-13(6-14)11-29(25,26)27)7-16(9-17)19(24)23-20-22-10-18(21)30-20/h3-10,12H,11H2,1-2H3,(H,22,23,24)(H2,25,26,27). The number of anilines is 1. The van der Waals surface area contributed by atoms with E-state index in [9.17, 15) is 23.5 Å². The summed E-state index contributed by atoms with van der Waals surface area (Å²) in [4.78, 5) is 34.9. The van der Waals surface area contributed by atoms with Gasteiger partial charge in [0.05, 0.1) is 18.5 Å². The fraction of sp³-hybridized carbons (Fsp3) is 0.200. The van der Waals surface area contributed by atoms with Crippen molar-refractivity contribution in [2.75, 3.05) is 5.32 Å². The molecule has 0 bridgehead atoms. The van der Waals surface area contributed by atoms with Crippen molar-refractivity contribution in [2.45, 2.75) is 26.1 Å². The lowest BCUT2D eigenvalue weighted by atomic mass is 10.0. The number of aromatic nitrogens is 1. The lowest BCUT2D eigenvalue weighted by Gasteiger charge is -2.14. The second-order valence-electron chi connectivity index (χ2n) is 6.86. The Bertz CT molecular complexity index is 1110. The number of nitrogens with zero attached hydrogens (tertiary/aromatic N) is 1. The van der Waals surface area contributed by atoms with Crippen LogP contribution in [-0.2, 0) is 10.7 Å². The number of ether oxygens (including phenoxy) is 1. The van der Waals surface area contributed by atoms with Crippen LogP contribution >= 0.6 is 18.9 Å². The zero-order chi connectivity index (χ0) is 21.9. The van der Waals surface area contributed by atoms with Gasteiger partial charge in [0, 0.05) is 5.56 Å². The summed E-state index contributed by atoms with van der Waals surface area (Å²) in [7, 11) is -4.21. The fourth-order valence-electron chi connectivity index (χ4n) is 2.81. The maximum atomic E-state index is 13.2. The molecule has 1 amide bonds. The number of thiazole rings is 1. The first-order valence-electron chi connectivity index (χ1n) is 8.97. The molecule has 0 spiro atoms. The van der Waals surface area contributed by atoms with Gasteiger partial charge in [0.2, 0.25) is 0 Å². The average Bonchev–Trinajstić information content (AvgIpc) is 3.04. The molecule has 1 aromatic heterocycles. The molecule has 0 unspecified atom stereocenters. The molecule has 158 valence electrons. The number of amides is 1. The minimum Gasteiger partial charge on any atom is -0.491 e. The van der Waals surface area contributed by atoms with E-state index in [0.29, 0.717) is 22.4 Å². The summed E-state index contributed by atoms with van der Waals surface area (Å²) < 4.78 is 30.2. The van der Waals surface area contributed by atoms with Crippen LogP contribution in [0.15, 0.2) is 48.7 Å². The highest BCUT2D eigenvalue weighted by molar-refractivity contribution is 7.50. The lowest BCUT2D eigenvalue weighted by Crippen LogP contribution is -2.13. The van der Waals surface area contributed by atoms with Crippen molar-refractivity contribution < 1.29 is 28.3 Å². The number of halogens is 1. The van der Waals surface area contributed by atoms with Crippen molar-refractivity contribution in [3.05, 3.63) is 64.9 Å². The Balaban J connectivity index is 1.97. The van der Waals surface area contributed by atoms with Gasteiger partial charge in [-0.1, -0.05) is 35.6 Å². The number of benzene rings is 2. The fourth-order valence-corrected chi connectivity index (χ4v) is 4.02. The molecule has 3 rings (SSSR count). The van der Waals surface area contributed by atoms with E-state index in [-0.39, 0.29) is 23.0 Å². The summed E-state index contributed by atoms with van der Waals surface area (Å²) in [5.41, 5.74) is 2.06. The molecule has 0 aliphatic carbocycles. The first-order valence-corrected chi connectivity index (χ1v) is 11.6. The second kappa shape index (κ2) is 9.06. The van der Waals surface area contributed by atoms with E-state index in [4.69, 9.17) is 4.74 Å². The first kappa shape index (κ1) is 22.1. The molecule has 0 fully saturated rings. The molecule has 7 nitrogen and oxygen atoms in total. The normalized spacial score (nSPS) is 11.5. The SMILES string of the molecule is CC(C)Oc1cc(C(=O)Nc2ncc(F)s2)cc(-c2cccc(CP(=O)(O)O)c2)c1. The number of carbonyl (C=O) groups is 1. The Morgan fingerprint density at radius 1 is 1.23 bits per heavy atom. The van der Waals surface area contributed by atoms with Gasteiger partial charge in [-0.2, -0.15) is 4.39 Å². The Kier molecular flexibility index (Phi) is 6.67. The molecule has 1 heterocycles. The van der Waals surface area contributed by atoms with Gasteiger partial charge in [-0.15, -0.1) is 0 Å². The molecule has 3 N–H and O–H groups in total. The number of rotatable bonds is 7. The smallest absolute Gasteiger partial charge is 0.329 e. The van der Waals surface area contributed by atoms with Gasteiger partial charge in [-0.25, -0.2) is 4.98 Å². The molecule has 0 saturated heterocycles. The summed E-state index contributed by atoms with van der Waals surface area (Å²) in [5, 5.41) is 2.18. The van der Waals surface area contributed by atoms with Crippen LogP contribution in [0.2, 0.25) is 0 Å². The largest absolute Gasteiger partial charge is 0.491 e. The number of hydrogen-bond donors (Lipinski definition) is 3. The van der Waals surface area contributed by atoms with E-state index in [0.717, 1.165) is 17.5 Å². The van der Waals surface area contributed by atoms with Crippen molar-refractivity contribution in [3.63, 3.8) is 0 Å². The van der Waals surface area contributed by atoms with Crippen molar-refractivity contribution in [3.8, 4) is 16.9 Å². The molecular weight excluding hydrogens is 430 g/mol. The van der Waals surface area contributed by atoms with Crippen molar-refractivity contribution in [1.29, 1.82) is 0 Å². The third-order valence-corrected chi connectivity index (χ3v) is 5.37. The molecule has 0 saturated carbocycles. The van der Waals surface area contributed by atoms with Gasteiger partial charge in [0.25, 0.3) is 5.91 Å². The third-order valence-electron chi connectivity index (χ3n) is 3.89. The highest BCUT2D eigenvalue weighted by atomic mass is 32.1. The maximum absolute atomic E-state index is 13.2. The van der Waals surface area contributed by atoms with Gasteiger partial charge in [0.1, 0.15) is 5.75 Å². The van der Waals surface area contributed by atoms with E-state index < -0.39 is 18.6 Å². The highest BCUT2D eigenvalue weighted by Gasteiger charge is 2.16. The van der Waals surface area contributed by atoms with Crippen LogP contribution in [-0.4, -0.2) is 26.8 Å². The van der Waals surface area contributed by atoms with E-state index in [1.807, 2.05) is 13.8 Å². The minimum absolute atomic E-state index is 0.134. The zero-order valence-electron chi connectivity index (χ0n) is 16.2. The van der Waals surface area contributed by atoms with E-state index in [1.54, 1.807) is 42.5 Å². The Labute approximate surface area is 176 Å².